The Morgan fingerprint density at radius 1 is 1.03 bits per heavy atom. The summed E-state index contributed by atoms with van der Waals surface area (Å²) < 4.78 is 37.4. The maximum absolute atomic E-state index is 12.9. The van der Waals surface area contributed by atoms with E-state index in [1.54, 1.807) is 28.6 Å². The van der Waals surface area contributed by atoms with E-state index in [9.17, 15) is 13.2 Å². The molecule has 2 aromatic rings. The highest BCUT2D eigenvalue weighted by Gasteiger charge is 2.29. The molecule has 1 fully saturated rings. The standard InChI is InChI=1S/C22H27NO5S/c1-27-22(24)13-16-28-20-7-9-21(10-8-20)29(25,26)23-14-11-19(12-15-23)17-18-5-3-2-4-6-18/h2-10,19H,11-17H2,1H3. The lowest BCUT2D eigenvalue weighted by Crippen LogP contribution is -2.38. The third-order valence-corrected chi connectivity index (χ3v) is 7.12. The molecule has 1 aliphatic heterocycles. The second kappa shape index (κ2) is 9.89. The van der Waals surface area contributed by atoms with Crippen LogP contribution >= 0.6 is 0 Å². The van der Waals surface area contributed by atoms with E-state index >= 15 is 0 Å². The van der Waals surface area contributed by atoms with E-state index in [1.807, 2.05) is 18.2 Å². The number of piperidine rings is 1. The molecule has 2 aromatic carbocycles. The number of nitrogens with zero attached hydrogens (tertiary/aromatic N) is 1. The van der Waals surface area contributed by atoms with Crippen LogP contribution in [0.15, 0.2) is 59.5 Å². The van der Waals surface area contributed by atoms with Crippen LogP contribution in [0.3, 0.4) is 0 Å². The van der Waals surface area contributed by atoms with Gasteiger partial charge in [-0.05, 0) is 55.0 Å². The largest absolute Gasteiger partial charge is 0.493 e. The van der Waals surface area contributed by atoms with Crippen molar-refractivity contribution >= 4 is 16.0 Å². The van der Waals surface area contributed by atoms with Crippen molar-refractivity contribution in [1.29, 1.82) is 0 Å². The fourth-order valence-corrected chi connectivity index (χ4v) is 4.98. The second-order valence-corrected chi connectivity index (χ2v) is 9.12. The van der Waals surface area contributed by atoms with E-state index in [1.165, 1.54) is 12.7 Å². The molecule has 0 saturated carbocycles. The van der Waals surface area contributed by atoms with Crippen LogP contribution < -0.4 is 4.74 Å². The van der Waals surface area contributed by atoms with Crippen LogP contribution in [0.25, 0.3) is 0 Å². The molecule has 0 spiro atoms. The number of methoxy groups -OCH3 is 1. The molecule has 0 aliphatic carbocycles. The predicted octanol–water partition coefficient (Wildman–Crippen LogP) is 3.27. The molecule has 1 heterocycles. The molecule has 0 bridgehead atoms. The Morgan fingerprint density at radius 2 is 1.69 bits per heavy atom. The van der Waals surface area contributed by atoms with E-state index in [2.05, 4.69) is 16.9 Å². The van der Waals surface area contributed by atoms with Crippen molar-refractivity contribution in [2.24, 2.45) is 5.92 Å². The van der Waals surface area contributed by atoms with E-state index in [0.29, 0.717) is 24.8 Å². The Morgan fingerprint density at radius 3 is 2.31 bits per heavy atom. The SMILES string of the molecule is COC(=O)CCOc1ccc(S(=O)(=O)N2CCC(Cc3ccccc3)CC2)cc1. The van der Waals surface area contributed by atoms with Gasteiger partial charge in [0.1, 0.15) is 5.75 Å². The number of hydrogen-bond acceptors (Lipinski definition) is 5. The normalized spacial score (nSPS) is 15.8. The first-order chi connectivity index (χ1) is 14.0. The Bertz CT molecular complexity index is 889. The molecule has 6 nitrogen and oxygen atoms in total. The molecule has 0 N–H and O–H groups in total. The number of esters is 1. The molecule has 29 heavy (non-hydrogen) atoms. The van der Waals surface area contributed by atoms with Crippen LogP contribution in [-0.2, 0) is 26.0 Å². The average molecular weight is 418 g/mol. The number of carbonyl (C=O) groups excluding carboxylic acids is 1. The molecule has 7 heteroatoms. The summed E-state index contributed by atoms with van der Waals surface area (Å²) in [6, 6.07) is 16.7. The minimum absolute atomic E-state index is 0.147. The topological polar surface area (TPSA) is 72.9 Å². The van der Waals surface area contributed by atoms with Gasteiger partial charge >= 0.3 is 5.97 Å². The summed E-state index contributed by atoms with van der Waals surface area (Å²) in [7, 11) is -2.18. The highest BCUT2D eigenvalue weighted by molar-refractivity contribution is 7.89. The maximum atomic E-state index is 12.9. The quantitative estimate of drug-likeness (QED) is 0.617. The Kier molecular flexibility index (Phi) is 7.28. The molecule has 0 aromatic heterocycles. The molecule has 1 aliphatic rings. The summed E-state index contributed by atoms with van der Waals surface area (Å²) in [6.07, 6.45) is 2.87. The second-order valence-electron chi connectivity index (χ2n) is 7.18. The summed E-state index contributed by atoms with van der Waals surface area (Å²) in [5.41, 5.74) is 1.30. The Balaban J connectivity index is 1.53. The zero-order valence-electron chi connectivity index (χ0n) is 16.6. The van der Waals surface area contributed by atoms with Gasteiger partial charge in [0.2, 0.25) is 10.0 Å². The lowest BCUT2D eigenvalue weighted by molar-refractivity contribution is -0.141. The third kappa shape index (κ3) is 5.81. The van der Waals surface area contributed by atoms with Crippen molar-refractivity contribution in [2.75, 3.05) is 26.8 Å². The smallest absolute Gasteiger partial charge is 0.308 e. The van der Waals surface area contributed by atoms with Gasteiger partial charge in [0.15, 0.2) is 0 Å². The number of sulfonamides is 1. The van der Waals surface area contributed by atoms with Gasteiger partial charge < -0.3 is 9.47 Å². The monoisotopic (exact) mass is 417 g/mol. The summed E-state index contributed by atoms with van der Waals surface area (Å²) in [6.45, 7) is 1.27. The molecule has 0 amide bonds. The molecule has 156 valence electrons. The van der Waals surface area contributed by atoms with Gasteiger partial charge in [-0.1, -0.05) is 30.3 Å². The number of hydrogen-bond donors (Lipinski definition) is 0. The van der Waals surface area contributed by atoms with Crippen molar-refractivity contribution < 1.29 is 22.7 Å². The van der Waals surface area contributed by atoms with E-state index in [0.717, 1.165) is 19.3 Å². The summed E-state index contributed by atoms with van der Waals surface area (Å²) >= 11 is 0. The van der Waals surface area contributed by atoms with Gasteiger partial charge in [-0.2, -0.15) is 4.31 Å². The third-order valence-electron chi connectivity index (χ3n) is 5.20. The zero-order valence-corrected chi connectivity index (χ0v) is 17.4. The molecule has 0 unspecified atom stereocenters. The van der Waals surface area contributed by atoms with Gasteiger partial charge in [-0.15, -0.1) is 0 Å². The van der Waals surface area contributed by atoms with E-state index < -0.39 is 10.0 Å². The number of benzene rings is 2. The lowest BCUT2D eigenvalue weighted by atomic mass is 9.91. The molecule has 0 radical (unpaired) electrons. The van der Waals surface area contributed by atoms with E-state index in [-0.39, 0.29) is 23.9 Å². The molecule has 1 saturated heterocycles. The summed E-state index contributed by atoms with van der Waals surface area (Å²) in [5, 5.41) is 0. The van der Waals surface area contributed by atoms with Gasteiger partial charge in [-0.3, -0.25) is 4.79 Å². The maximum Gasteiger partial charge on any atom is 0.308 e. The number of rotatable bonds is 8. The van der Waals surface area contributed by atoms with Crippen LogP contribution in [0.4, 0.5) is 0 Å². The highest BCUT2D eigenvalue weighted by Crippen LogP contribution is 2.27. The first-order valence-corrected chi connectivity index (χ1v) is 11.3. The minimum atomic E-state index is -3.51. The van der Waals surface area contributed by atoms with Gasteiger partial charge in [-0.25, -0.2) is 8.42 Å². The average Bonchev–Trinajstić information content (AvgIpc) is 2.75. The van der Waals surface area contributed by atoms with Crippen LogP contribution in [-0.4, -0.2) is 45.5 Å². The summed E-state index contributed by atoms with van der Waals surface area (Å²) in [4.78, 5) is 11.4. The minimum Gasteiger partial charge on any atom is -0.493 e. The first-order valence-electron chi connectivity index (χ1n) is 9.83. The molecule has 0 atom stereocenters. The van der Waals surface area contributed by atoms with Crippen LogP contribution in [0.2, 0.25) is 0 Å². The lowest BCUT2D eigenvalue weighted by Gasteiger charge is -2.31. The predicted molar refractivity (Wildman–Crippen MR) is 110 cm³/mol. The fourth-order valence-electron chi connectivity index (χ4n) is 3.51. The van der Waals surface area contributed by atoms with Crippen LogP contribution in [0, 0.1) is 5.92 Å². The van der Waals surface area contributed by atoms with Gasteiger partial charge in [0, 0.05) is 13.1 Å². The number of ether oxygens (including phenoxy) is 2. The van der Waals surface area contributed by atoms with Crippen molar-refractivity contribution in [3.63, 3.8) is 0 Å². The molecular weight excluding hydrogens is 390 g/mol. The van der Waals surface area contributed by atoms with Crippen molar-refractivity contribution in [3.8, 4) is 5.75 Å². The van der Waals surface area contributed by atoms with Crippen molar-refractivity contribution in [1.82, 2.24) is 4.31 Å². The van der Waals surface area contributed by atoms with Crippen molar-refractivity contribution in [3.05, 3.63) is 60.2 Å². The van der Waals surface area contributed by atoms with Crippen molar-refractivity contribution in [2.45, 2.75) is 30.6 Å². The van der Waals surface area contributed by atoms with E-state index in [4.69, 9.17) is 4.74 Å². The van der Waals surface area contributed by atoms with Crippen LogP contribution in [0.5, 0.6) is 5.75 Å². The Hall–Kier alpha value is -2.38. The highest BCUT2D eigenvalue weighted by atomic mass is 32.2. The zero-order chi connectivity index (χ0) is 20.7. The summed E-state index contributed by atoms with van der Waals surface area (Å²) in [5.74, 6) is 0.684. The number of carbonyl (C=O) groups is 1. The first kappa shape index (κ1) is 21.3. The molecular formula is C22H27NO5S. The molecule has 3 rings (SSSR count). The Labute approximate surface area is 172 Å². The fraction of sp³-hybridized carbons (Fsp3) is 0.409. The van der Waals surface area contributed by atoms with Crippen LogP contribution in [0.1, 0.15) is 24.8 Å². The van der Waals surface area contributed by atoms with Gasteiger partial charge in [0.25, 0.3) is 0 Å². The van der Waals surface area contributed by atoms with Gasteiger partial charge in [0.05, 0.1) is 25.0 Å².